The number of nitrogens with one attached hydrogen (secondary N) is 2. The number of carbonyl (C=O) groups excluding carboxylic acids is 1. The Balaban J connectivity index is 1.75. The third-order valence-electron chi connectivity index (χ3n) is 4.82. The van der Waals surface area contributed by atoms with E-state index < -0.39 is 0 Å². The monoisotopic (exact) mass is 419 g/mol. The zero-order valence-electron chi connectivity index (χ0n) is 16.2. The molecule has 0 aliphatic carbocycles. The summed E-state index contributed by atoms with van der Waals surface area (Å²) < 4.78 is 0. The molecule has 0 bridgehead atoms. The summed E-state index contributed by atoms with van der Waals surface area (Å²) in [6.45, 7) is 4.20. The van der Waals surface area contributed by atoms with E-state index in [9.17, 15) is 4.79 Å². The molecule has 1 amide bonds. The maximum absolute atomic E-state index is 12.8. The minimum atomic E-state index is -0.113. The summed E-state index contributed by atoms with van der Waals surface area (Å²) in [7, 11) is 0. The Hall–Kier alpha value is -2.96. The van der Waals surface area contributed by atoms with Crippen molar-refractivity contribution in [3.8, 4) is 0 Å². The Morgan fingerprint density at radius 1 is 1.00 bits per heavy atom. The van der Waals surface area contributed by atoms with Crippen molar-refractivity contribution in [2.75, 3.05) is 10.6 Å². The lowest BCUT2D eigenvalue weighted by Gasteiger charge is -2.21. The van der Waals surface area contributed by atoms with E-state index in [1.807, 2.05) is 53.9 Å². The largest absolute Gasteiger partial charge is 0.350 e. The van der Waals surface area contributed by atoms with Crippen LogP contribution in [0.4, 0.5) is 10.1 Å². The zero-order chi connectivity index (χ0) is 20.2. The van der Waals surface area contributed by atoms with Crippen LogP contribution in [0.15, 0.2) is 72.2 Å². The van der Waals surface area contributed by atoms with Gasteiger partial charge in [0.1, 0.15) is 5.00 Å². The van der Waals surface area contributed by atoms with Crippen molar-refractivity contribution < 1.29 is 4.79 Å². The van der Waals surface area contributed by atoms with Crippen molar-refractivity contribution in [2.45, 2.75) is 19.9 Å². The molecule has 0 unspecified atom stereocenters. The lowest BCUT2D eigenvalue weighted by Crippen LogP contribution is -2.17. The second kappa shape index (κ2) is 8.59. The minimum Gasteiger partial charge on any atom is -0.350 e. The van der Waals surface area contributed by atoms with Crippen LogP contribution >= 0.6 is 22.7 Å². The van der Waals surface area contributed by atoms with Crippen LogP contribution in [-0.2, 0) is 0 Å². The maximum Gasteiger partial charge on any atom is 0.256 e. The molecule has 4 rings (SSSR count). The average Bonchev–Trinajstić information content (AvgIpc) is 3.36. The molecule has 0 spiro atoms. The number of amides is 1. The van der Waals surface area contributed by atoms with Crippen LogP contribution in [0, 0.1) is 13.8 Å². The van der Waals surface area contributed by atoms with Crippen LogP contribution in [0.5, 0.6) is 0 Å². The first-order chi connectivity index (χ1) is 14.1. The first kappa shape index (κ1) is 19.4. The van der Waals surface area contributed by atoms with Gasteiger partial charge < -0.3 is 10.6 Å². The Morgan fingerprint density at radius 3 is 2.34 bits per heavy atom. The third kappa shape index (κ3) is 4.23. The van der Waals surface area contributed by atoms with Gasteiger partial charge in [0.05, 0.1) is 6.04 Å². The molecule has 6 heteroatoms. The molecule has 2 N–H and O–H groups in total. The van der Waals surface area contributed by atoms with Crippen molar-refractivity contribution in [1.29, 1.82) is 0 Å². The van der Waals surface area contributed by atoms with Gasteiger partial charge in [0.2, 0.25) is 0 Å². The van der Waals surface area contributed by atoms with Crippen LogP contribution in [0.1, 0.15) is 38.0 Å². The standard InChI is InChI=1S/C23H21N3OS2/c1-15-16(2)29-22(26-21(27)18-11-7-4-8-12-18)19(15)20(17-9-5-3-6-10-17)25-23-24-13-14-28-23/h3-14,20H,1-2H3,(H,24,25)(H,26,27)/t20-/m1/s1. The molecule has 2 aromatic carbocycles. The number of carbonyl (C=O) groups is 1. The van der Waals surface area contributed by atoms with E-state index in [2.05, 4.69) is 41.6 Å². The highest BCUT2D eigenvalue weighted by Crippen LogP contribution is 2.41. The SMILES string of the molecule is Cc1sc(NC(=O)c2ccccc2)c([C@H](Nc2nccs2)c2ccccc2)c1C. The van der Waals surface area contributed by atoms with Gasteiger partial charge in [-0.05, 0) is 37.1 Å². The number of rotatable bonds is 6. The fourth-order valence-electron chi connectivity index (χ4n) is 3.24. The lowest BCUT2D eigenvalue weighted by molar-refractivity contribution is 0.102. The van der Waals surface area contributed by atoms with Crippen molar-refractivity contribution >= 4 is 38.7 Å². The molecule has 0 radical (unpaired) electrons. The molecule has 4 nitrogen and oxygen atoms in total. The van der Waals surface area contributed by atoms with Gasteiger partial charge in [0, 0.05) is 27.6 Å². The number of hydrogen-bond donors (Lipinski definition) is 2. The highest BCUT2D eigenvalue weighted by molar-refractivity contribution is 7.16. The predicted molar refractivity (Wildman–Crippen MR) is 122 cm³/mol. The summed E-state index contributed by atoms with van der Waals surface area (Å²) in [5, 5.41) is 10.4. The zero-order valence-corrected chi connectivity index (χ0v) is 17.8. The van der Waals surface area contributed by atoms with E-state index in [4.69, 9.17) is 0 Å². The van der Waals surface area contributed by atoms with E-state index in [1.165, 1.54) is 10.4 Å². The van der Waals surface area contributed by atoms with E-state index >= 15 is 0 Å². The summed E-state index contributed by atoms with van der Waals surface area (Å²) >= 11 is 3.17. The Bertz CT molecular complexity index is 1090. The van der Waals surface area contributed by atoms with Gasteiger partial charge >= 0.3 is 0 Å². The van der Waals surface area contributed by atoms with Crippen LogP contribution in [0.3, 0.4) is 0 Å². The van der Waals surface area contributed by atoms with Crippen molar-refractivity contribution in [3.63, 3.8) is 0 Å². The summed E-state index contributed by atoms with van der Waals surface area (Å²) in [6, 6.07) is 19.5. The second-order valence-electron chi connectivity index (χ2n) is 6.67. The molecule has 0 aliphatic rings. The van der Waals surface area contributed by atoms with Crippen molar-refractivity contribution in [2.24, 2.45) is 0 Å². The molecule has 0 fully saturated rings. The van der Waals surface area contributed by atoms with Gasteiger partial charge in [0.15, 0.2) is 5.13 Å². The first-order valence-electron chi connectivity index (χ1n) is 9.30. The van der Waals surface area contributed by atoms with E-state index in [1.54, 1.807) is 28.9 Å². The summed E-state index contributed by atoms with van der Waals surface area (Å²) in [5.41, 5.74) is 4.03. The maximum atomic E-state index is 12.8. The molecular weight excluding hydrogens is 398 g/mol. The van der Waals surface area contributed by atoms with E-state index in [-0.39, 0.29) is 11.9 Å². The fraction of sp³-hybridized carbons (Fsp3) is 0.130. The van der Waals surface area contributed by atoms with E-state index in [0.717, 1.165) is 21.3 Å². The minimum absolute atomic E-state index is 0.103. The molecule has 0 saturated carbocycles. The fourth-order valence-corrected chi connectivity index (χ4v) is 4.89. The molecule has 4 aromatic rings. The summed E-state index contributed by atoms with van der Waals surface area (Å²) in [4.78, 5) is 18.4. The molecule has 2 heterocycles. The Morgan fingerprint density at radius 2 is 1.69 bits per heavy atom. The summed E-state index contributed by atoms with van der Waals surface area (Å²) in [5.74, 6) is -0.103. The number of thiophene rings is 1. The number of anilines is 2. The van der Waals surface area contributed by atoms with Crippen LogP contribution < -0.4 is 10.6 Å². The number of thiazole rings is 1. The van der Waals surface area contributed by atoms with Crippen molar-refractivity contribution in [3.05, 3.63) is 99.4 Å². The quantitative estimate of drug-likeness (QED) is 0.387. The second-order valence-corrected chi connectivity index (χ2v) is 8.79. The molecular formula is C23H21N3OS2. The lowest BCUT2D eigenvalue weighted by atomic mass is 9.96. The molecule has 146 valence electrons. The van der Waals surface area contributed by atoms with Gasteiger partial charge in [-0.1, -0.05) is 48.5 Å². The number of nitrogens with zero attached hydrogens (tertiary/aromatic N) is 1. The van der Waals surface area contributed by atoms with Crippen molar-refractivity contribution in [1.82, 2.24) is 4.98 Å². The number of benzene rings is 2. The van der Waals surface area contributed by atoms with Gasteiger partial charge in [0.25, 0.3) is 5.91 Å². The first-order valence-corrected chi connectivity index (χ1v) is 11.0. The third-order valence-corrected chi connectivity index (χ3v) is 6.66. The number of aryl methyl sites for hydroxylation is 1. The predicted octanol–water partition coefficient (Wildman–Crippen LogP) is 6.28. The van der Waals surface area contributed by atoms with Crippen LogP contribution in [0.25, 0.3) is 0 Å². The summed E-state index contributed by atoms with van der Waals surface area (Å²) in [6.07, 6.45) is 1.79. The highest BCUT2D eigenvalue weighted by atomic mass is 32.1. The molecule has 0 saturated heterocycles. The van der Waals surface area contributed by atoms with Gasteiger partial charge in [-0.25, -0.2) is 4.98 Å². The molecule has 1 atom stereocenters. The van der Waals surface area contributed by atoms with Gasteiger partial charge in [-0.2, -0.15) is 0 Å². The molecule has 0 aliphatic heterocycles. The number of hydrogen-bond acceptors (Lipinski definition) is 5. The average molecular weight is 420 g/mol. The Kier molecular flexibility index (Phi) is 5.74. The topological polar surface area (TPSA) is 54.0 Å². The highest BCUT2D eigenvalue weighted by Gasteiger charge is 2.25. The van der Waals surface area contributed by atoms with Gasteiger partial charge in [-0.15, -0.1) is 22.7 Å². The van der Waals surface area contributed by atoms with Crippen LogP contribution in [-0.4, -0.2) is 10.9 Å². The normalized spacial score (nSPS) is 11.8. The molecule has 2 aromatic heterocycles. The molecule has 29 heavy (non-hydrogen) atoms. The van der Waals surface area contributed by atoms with Gasteiger partial charge in [-0.3, -0.25) is 4.79 Å². The van der Waals surface area contributed by atoms with Crippen LogP contribution in [0.2, 0.25) is 0 Å². The Labute approximate surface area is 178 Å². The smallest absolute Gasteiger partial charge is 0.256 e. The van der Waals surface area contributed by atoms with E-state index in [0.29, 0.717) is 5.56 Å². The number of aromatic nitrogens is 1.